The molecular weight excluding hydrogens is 574 g/mol. The standard InChI is InChI=1S/C31H47N3O8S/c1-8-39-30(40-9-2)25(21-29(36)42-31(3,4)5)33-43(37,38)27-18-17-24(32-28(35)16-13-19-34(6)7)20-26(27)41-22-23-14-11-10-12-15-23/h10-12,14-15,17-18,20,25,30,33H,8-9,13,16,19,21-22H2,1-7H3,(H,32,35)/t25-/m0/s1. The maximum Gasteiger partial charge on any atom is 0.308 e. The summed E-state index contributed by atoms with van der Waals surface area (Å²) < 4.78 is 53.0. The fourth-order valence-electron chi connectivity index (χ4n) is 4.06. The van der Waals surface area contributed by atoms with Gasteiger partial charge in [-0.15, -0.1) is 0 Å². The number of esters is 1. The van der Waals surface area contributed by atoms with Crippen molar-refractivity contribution in [2.45, 2.75) is 83.3 Å². The molecule has 0 fully saturated rings. The summed E-state index contributed by atoms with van der Waals surface area (Å²) in [5.41, 5.74) is 0.453. The SMILES string of the molecule is CCOC(OCC)[C@H](CC(=O)OC(C)(C)C)NS(=O)(=O)c1ccc(NC(=O)CCCN(C)C)cc1OCc1ccccc1. The van der Waals surface area contributed by atoms with Crippen molar-refractivity contribution in [1.82, 2.24) is 9.62 Å². The molecule has 43 heavy (non-hydrogen) atoms. The normalized spacial score (nSPS) is 12.8. The van der Waals surface area contributed by atoms with Crippen LogP contribution in [0.5, 0.6) is 5.75 Å². The Bertz CT molecular complexity index is 1260. The van der Waals surface area contributed by atoms with Gasteiger partial charge in [0.05, 0.1) is 12.5 Å². The second-order valence-electron chi connectivity index (χ2n) is 11.2. The summed E-state index contributed by atoms with van der Waals surface area (Å²) >= 11 is 0. The number of nitrogens with zero attached hydrogens (tertiary/aromatic N) is 1. The predicted octanol–water partition coefficient (Wildman–Crippen LogP) is 4.32. The molecule has 0 aliphatic rings. The highest BCUT2D eigenvalue weighted by molar-refractivity contribution is 7.89. The Balaban J connectivity index is 2.41. The zero-order chi connectivity index (χ0) is 32.0. The van der Waals surface area contributed by atoms with Crippen molar-refractivity contribution in [2.75, 3.05) is 39.2 Å². The summed E-state index contributed by atoms with van der Waals surface area (Å²) in [5, 5.41) is 2.82. The molecule has 2 aromatic carbocycles. The van der Waals surface area contributed by atoms with Crippen LogP contribution in [0.1, 0.15) is 59.4 Å². The fraction of sp³-hybridized carbons (Fsp3) is 0.548. The zero-order valence-corrected chi connectivity index (χ0v) is 27.2. The van der Waals surface area contributed by atoms with E-state index < -0.39 is 33.9 Å². The van der Waals surface area contributed by atoms with Gasteiger partial charge in [0.2, 0.25) is 15.9 Å². The van der Waals surface area contributed by atoms with Crippen molar-refractivity contribution in [3.63, 3.8) is 0 Å². The lowest BCUT2D eigenvalue weighted by atomic mass is 10.1. The van der Waals surface area contributed by atoms with Gasteiger partial charge in [-0.1, -0.05) is 30.3 Å². The fourth-order valence-corrected chi connectivity index (χ4v) is 5.41. The Labute approximate surface area is 256 Å². The number of ether oxygens (including phenoxy) is 4. The second-order valence-corrected chi connectivity index (χ2v) is 12.9. The number of hydrogen-bond donors (Lipinski definition) is 2. The predicted molar refractivity (Wildman–Crippen MR) is 165 cm³/mol. The first-order valence-electron chi connectivity index (χ1n) is 14.5. The van der Waals surface area contributed by atoms with Crippen molar-refractivity contribution in [3.05, 3.63) is 54.1 Å². The van der Waals surface area contributed by atoms with Gasteiger partial charge >= 0.3 is 5.97 Å². The van der Waals surface area contributed by atoms with Crippen LogP contribution < -0.4 is 14.8 Å². The number of benzene rings is 2. The van der Waals surface area contributed by atoms with E-state index in [0.717, 1.165) is 12.1 Å². The average molecular weight is 622 g/mol. The van der Waals surface area contributed by atoms with Crippen LogP contribution in [-0.2, 0) is 40.4 Å². The van der Waals surface area contributed by atoms with Crippen LogP contribution in [0.15, 0.2) is 53.4 Å². The van der Waals surface area contributed by atoms with E-state index in [1.807, 2.05) is 49.3 Å². The maximum atomic E-state index is 13.8. The van der Waals surface area contributed by atoms with Gasteiger partial charge in [-0.25, -0.2) is 13.1 Å². The van der Waals surface area contributed by atoms with E-state index in [2.05, 4.69) is 10.0 Å². The van der Waals surface area contributed by atoms with Crippen LogP contribution in [0.25, 0.3) is 0 Å². The van der Waals surface area contributed by atoms with E-state index in [-0.39, 0.29) is 42.8 Å². The number of carbonyl (C=O) groups is 2. The summed E-state index contributed by atoms with van der Waals surface area (Å²) in [6, 6.07) is 12.5. The Morgan fingerprint density at radius 3 is 2.21 bits per heavy atom. The van der Waals surface area contributed by atoms with E-state index >= 15 is 0 Å². The topological polar surface area (TPSA) is 132 Å². The van der Waals surface area contributed by atoms with Gasteiger partial charge in [0.15, 0.2) is 6.29 Å². The molecular formula is C31H47N3O8S. The molecule has 0 aliphatic carbocycles. The summed E-state index contributed by atoms with van der Waals surface area (Å²) in [4.78, 5) is 27.1. The van der Waals surface area contributed by atoms with Crippen LogP contribution in [0.2, 0.25) is 0 Å². The number of sulfonamides is 1. The van der Waals surface area contributed by atoms with Crippen LogP contribution in [0.4, 0.5) is 5.69 Å². The minimum atomic E-state index is -4.30. The highest BCUT2D eigenvalue weighted by atomic mass is 32.2. The lowest BCUT2D eigenvalue weighted by Crippen LogP contribution is -2.47. The third kappa shape index (κ3) is 13.4. The van der Waals surface area contributed by atoms with Crippen molar-refractivity contribution < 1.29 is 37.0 Å². The molecule has 1 amide bonds. The minimum absolute atomic E-state index is 0.0304. The van der Waals surface area contributed by atoms with E-state index in [1.165, 1.54) is 18.2 Å². The van der Waals surface area contributed by atoms with Gasteiger partial charge in [0.1, 0.15) is 22.9 Å². The molecule has 2 aromatic rings. The molecule has 0 bridgehead atoms. The van der Waals surface area contributed by atoms with E-state index in [4.69, 9.17) is 18.9 Å². The number of amides is 1. The first kappa shape index (κ1) is 36.2. The largest absolute Gasteiger partial charge is 0.487 e. The van der Waals surface area contributed by atoms with Gasteiger partial charge in [-0.2, -0.15) is 0 Å². The van der Waals surface area contributed by atoms with E-state index in [9.17, 15) is 18.0 Å². The third-order valence-corrected chi connectivity index (χ3v) is 7.40. The van der Waals surface area contributed by atoms with Crippen LogP contribution in [0.3, 0.4) is 0 Å². The smallest absolute Gasteiger partial charge is 0.308 e. The Kier molecular flexibility index (Phi) is 14.6. The number of carbonyl (C=O) groups excluding carboxylic acids is 2. The highest BCUT2D eigenvalue weighted by Crippen LogP contribution is 2.29. The summed E-state index contributed by atoms with van der Waals surface area (Å²) in [6.07, 6.45) is -0.399. The number of nitrogens with one attached hydrogen (secondary N) is 2. The molecule has 12 heteroatoms. The molecule has 0 heterocycles. The van der Waals surface area contributed by atoms with Crippen LogP contribution in [-0.4, -0.2) is 77.0 Å². The molecule has 0 aromatic heterocycles. The average Bonchev–Trinajstić information content (AvgIpc) is 2.90. The molecule has 1 atom stereocenters. The molecule has 0 saturated carbocycles. The number of hydrogen-bond acceptors (Lipinski definition) is 9. The van der Waals surface area contributed by atoms with E-state index in [1.54, 1.807) is 34.6 Å². The van der Waals surface area contributed by atoms with Gasteiger partial charge in [-0.3, -0.25) is 9.59 Å². The first-order valence-corrected chi connectivity index (χ1v) is 15.9. The van der Waals surface area contributed by atoms with Crippen molar-refractivity contribution in [1.29, 1.82) is 0 Å². The Hall–Kier alpha value is -3.03. The highest BCUT2D eigenvalue weighted by Gasteiger charge is 2.33. The first-order chi connectivity index (χ1) is 20.2. The molecule has 11 nitrogen and oxygen atoms in total. The van der Waals surface area contributed by atoms with Crippen LogP contribution in [0, 0.1) is 0 Å². The second kappa shape index (κ2) is 17.3. The maximum absolute atomic E-state index is 13.8. The molecule has 0 spiro atoms. The molecule has 0 aliphatic heterocycles. The Morgan fingerprint density at radius 1 is 0.977 bits per heavy atom. The monoisotopic (exact) mass is 621 g/mol. The molecule has 0 radical (unpaired) electrons. The lowest BCUT2D eigenvalue weighted by Gasteiger charge is -2.28. The third-order valence-electron chi connectivity index (χ3n) is 5.87. The van der Waals surface area contributed by atoms with Gasteiger partial charge in [0.25, 0.3) is 0 Å². The zero-order valence-electron chi connectivity index (χ0n) is 26.3. The number of anilines is 1. The van der Waals surface area contributed by atoms with Gasteiger partial charge < -0.3 is 29.2 Å². The van der Waals surface area contributed by atoms with Gasteiger partial charge in [-0.05, 0) is 79.4 Å². The summed E-state index contributed by atoms with van der Waals surface area (Å²) in [6.45, 7) is 9.98. The minimum Gasteiger partial charge on any atom is -0.487 e. The summed E-state index contributed by atoms with van der Waals surface area (Å²) in [7, 11) is -0.425. The molecule has 2 rings (SSSR count). The van der Waals surface area contributed by atoms with Gasteiger partial charge in [0, 0.05) is 31.4 Å². The molecule has 0 unspecified atom stereocenters. The van der Waals surface area contributed by atoms with Crippen molar-refractivity contribution in [2.24, 2.45) is 0 Å². The molecule has 0 saturated heterocycles. The molecule has 2 N–H and O–H groups in total. The van der Waals surface area contributed by atoms with Crippen LogP contribution >= 0.6 is 0 Å². The molecule has 240 valence electrons. The lowest BCUT2D eigenvalue weighted by molar-refractivity contribution is -0.169. The Morgan fingerprint density at radius 2 is 1.63 bits per heavy atom. The van der Waals surface area contributed by atoms with Crippen molar-refractivity contribution in [3.8, 4) is 5.75 Å². The quantitative estimate of drug-likeness (QED) is 0.184. The van der Waals surface area contributed by atoms with E-state index in [0.29, 0.717) is 18.5 Å². The number of rotatable bonds is 18. The van der Waals surface area contributed by atoms with Crippen molar-refractivity contribution >= 4 is 27.6 Å². The summed E-state index contributed by atoms with van der Waals surface area (Å²) in [5.74, 6) is -0.779.